The summed E-state index contributed by atoms with van der Waals surface area (Å²) >= 11 is 0. The van der Waals surface area contributed by atoms with E-state index in [0.29, 0.717) is 17.9 Å². The molecule has 4 rings (SSSR count). The Balaban J connectivity index is 1.50. The number of hydrogen-bond donors (Lipinski definition) is 2. The molecule has 1 saturated carbocycles. The molecule has 1 aliphatic carbocycles. The fourth-order valence-corrected chi connectivity index (χ4v) is 4.49. The number of fused-ring (bicyclic) bond motifs is 1. The molecule has 2 aliphatic rings. The smallest absolute Gasteiger partial charge is 0.328 e. The zero-order valence-corrected chi connectivity index (χ0v) is 17.6. The number of carbonyl (C=O) groups excluding carboxylic acids is 3. The third-order valence-corrected chi connectivity index (χ3v) is 6.15. The second-order valence-corrected chi connectivity index (χ2v) is 8.34. The van der Waals surface area contributed by atoms with E-state index in [4.69, 9.17) is 4.74 Å². The first-order chi connectivity index (χ1) is 15.1. The van der Waals surface area contributed by atoms with Crippen LogP contribution in [0.1, 0.15) is 56.9 Å². The Bertz CT molecular complexity index is 999. The van der Waals surface area contributed by atoms with Gasteiger partial charge in [-0.25, -0.2) is 4.79 Å². The minimum absolute atomic E-state index is 0.113. The molecule has 0 aromatic heterocycles. The van der Waals surface area contributed by atoms with Crippen molar-refractivity contribution in [2.24, 2.45) is 5.92 Å². The third kappa shape index (κ3) is 5.13. The van der Waals surface area contributed by atoms with Gasteiger partial charge in [0.2, 0.25) is 0 Å². The van der Waals surface area contributed by atoms with E-state index in [2.05, 4.69) is 10.6 Å². The fourth-order valence-electron chi connectivity index (χ4n) is 4.49. The Kier molecular flexibility index (Phi) is 6.65. The molecule has 4 amide bonds. The summed E-state index contributed by atoms with van der Waals surface area (Å²) in [5.41, 5.74) is 0.554. The van der Waals surface area contributed by atoms with Crippen LogP contribution in [-0.4, -0.2) is 24.5 Å². The van der Waals surface area contributed by atoms with Gasteiger partial charge < -0.3 is 4.74 Å². The van der Waals surface area contributed by atoms with Crippen LogP contribution < -0.4 is 15.4 Å². The van der Waals surface area contributed by atoms with Crippen molar-refractivity contribution in [1.29, 1.82) is 0 Å². The molecule has 1 heterocycles. The molecule has 6 heteroatoms. The van der Waals surface area contributed by atoms with Crippen LogP contribution in [0.5, 0.6) is 5.75 Å². The lowest BCUT2D eigenvalue weighted by Gasteiger charge is -2.21. The lowest BCUT2D eigenvalue weighted by molar-refractivity contribution is -0.123. The van der Waals surface area contributed by atoms with Crippen molar-refractivity contribution in [2.45, 2.75) is 51.4 Å². The quantitative estimate of drug-likeness (QED) is 0.386. The molecule has 2 aromatic carbocycles. The summed E-state index contributed by atoms with van der Waals surface area (Å²) in [6, 6.07) is 10.8. The summed E-state index contributed by atoms with van der Waals surface area (Å²) in [7, 11) is 0. The SMILES string of the molecule is O=C1NC(=O)C(=Cc2c(OCCCCC3CCCCC3)ccc3ccccc23)C(=O)N1. The van der Waals surface area contributed by atoms with Crippen LogP contribution in [0.15, 0.2) is 42.0 Å². The maximum absolute atomic E-state index is 12.2. The van der Waals surface area contributed by atoms with Crippen LogP contribution >= 0.6 is 0 Å². The Morgan fingerprint density at radius 3 is 2.42 bits per heavy atom. The summed E-state index contributed by atoms with van der Waals surface area (Å²) < 4.78 is 6.09. The molecular formula is C25H28N2O4. The number of carbonyl (C=O) groups is 3. The topological polar surface area (TPSA) is 84.5 Å². The summed E-state index contributed by atoms with van der Waals surface area (Å²) in [4.78, 5) is 35.8. The highest BCUT2D eigenvalue weighted by atomic mass is 16.5. The first kappa shape index (κ1) is 21.1. The molecule has 2 aromatic rings. The van der Waals surface area contributed by atoms with Gasteiger partial charge in [0.25, 0.3) is 11.8 Å². The van der Waals surface area contributed by atoms with Gasteiger partial charge in [-0.3, -0.25) is 20.2 Å². The average molecular weight is 421 g/mol. The third-order valence-electron chi connectivity index (χ3n) is 6.15. The van der Waals surface area contributed by atoms with Gasteiger partial charge in [0.05, 0.1) is 6.61 Å². The summed E-state index contributed by atoms with van der Waals surface area (Å²) in [5, 5.41) is 6.10. The molecule has 1 aliphatic heterocycles. The van der Waals surface area contributed by atoms with Crippen molar-refractivity contribution in [3.8, 4) is 5.75 Å². The highest BCUT2D eigenvalue weighted by Crippen LogP contribution is 2.31. The van der Waals surface area contributed by atoms with Gasteiger partial charge in [-0.15, -0.1) is 0 Å². The Labute approximate surface area is 182 Å². The molecule has 0 spiro atoms. The minimum Gasteiger partial charge on any atom is -0.493 e. The zero-order valence-electron chi connectivity index (χ0n) is 17.6. The number of rotatable bonds is 7. The van der Waals surface area contributed by atoms with Gasteiger partial charge in [-0.1, -0.05) is 68.9 Å². The predicted octanol–water partition coefficient (Wildman–Crippen LogP) is 4.72. The number of hydrogen-bond acceptors (Lipinski definition) is 4. The molecule has 0 bridgehead atoms. The van der Waals surface area contributed by atoms with Crippen molar-refractivity contribution in [3.05, 3.63) is 47.5 Å². The van der Waals surface area contributed by atoms with Crippen LogP contribution in [0.25, 0.3) is 16.8 Å². The standard InChI is InChI=1S/C25H28N2O4/c28-23-21(24(29)27-25(30)26-23)16-20-19-12-5-4-11-18(19)13-14-22(20)31-15-7-6-10-17-8-2-1-3-9-17/h4-5,11-14,16-17H,1-3,6-10,15H2,(H2,26,27,28,29,30). The van der Waals surface area contributed by atoms with Crippen molar-refractivity contribution in [3.63, 3.8) is 0 Å². The molecule has 2 N–H and O–H groups in total. The molecule has 6 nitrogen and oxygen atoms in total. The van der Waals surface area contributed by atoms with E-state index < -0.39 is 17.8 Å². The van der Waals surface area contributed by atoms with Crippen molar-refractivity contribution in [1.82, 2.24) is 10.6 Å². The lowest BCUT2D eigenvalue weighted by atomic mass is 9.86. The first-order valence-corrected chi connectivity index (χ1v) is 11.1. The van der Waals surface area contributed by atoms with Crippen LogP contribution in [0.2, 0.25) is 0 Å². The molecule has 162 valence electrons. The number of unbranched alkanes of at least 4 members (excludes halogenated alkanes) is 1. The summed E-state index contributed by atoms with van der Waals surface area (Å²) in [5.74, 6) is 0.0716. The van der Waals surface area contributed by atoms with E-state index in [0.717, 1.165) is 29.5 Å². The Morgan fingerprint density at radius 2 is 1.65 bits per heavy atom. The maximum atomic E-state index is 12.2. The highest BCUT2D eigenvalue weighted by molar-refractivity contribution is 6.31. The van der Waals surface area contributed by atoms with Crippen LogP contribution in [0, 0.1) is 5.92 Å². The number of amides is 4. The Hall–Kier alpha value is -3.15. The van der Waals surface area contributed by atoms with Crippen LogP contribution in [0.4, 0.5) is 4.79 Å². The van der Waals surface area contributed by atoms with Gasteiger partial charge in [-0.2, -0.15) is 0 Å². The van der Waals surface area contributed by atoms with E-state index in [1.165, 1.54) is 44.6 Å². The van der Waals surface area contributed by atoms with E-state index >= 15 is 0 Å². The highest BCUT2D eigenvalue weighted by Gasteiger charge is 2.28. The number of urea groups is 1. The van der Waals surface area contributed by atoms with Gasteiger partial charge >= 0.3 is 6.03 Å². The second kappa shape index (κ2) is 9.77. The Morgan fingerprint density at radius 1 is 0.903 bits per heavy atom. The fraction of sp³-hybridized carbons (Fsp3) is 0.400. The number of benzene rings is 2. The predicted molar refractivity (Wildman–Crippen MR) is 120 cm³/mol. The van der Waals surface area contributed by atoms with E-state index in [1.54, 1.807) is 0 Å². The number of ether oxygens (including phenoxy) is 1. The molecule has 0 unspecified atom stereocenters. The van der Waals surface area contributed by atoms with Crippen LogP contribution in [0.3, 0.4) is 0 Å². The largest absolute Gasteiger partial charge is 0.493 e. The first-order valence-electron chi connectivity index (χ1n) is 11.1. The molecule has 0 atom stereocenters. The average Bonchev–Trinajstić information content (AvgIpc) is 2.77. The minimum atomic E-state index is -0.806. The second-order valence-electron chi connectivity index (χ2n) is 8.34. The molecule has 2 fully saturated rings. The van der Waals surface area contributed by atoms with Crippen molar-refractivity contribution >= 4 is 34.7 Å². The van der Waals surface area contributed by atoms with Gasteiger partial charge in [0.15, 0.2) is 0 Å². The number of barbiturate groups is 1. The van der Waals surface area contributed by atoms with Gasteiger partial charge in [-0.05, 0) is 41.7 Å². The van der Waals surface area contributed by atoms with Crippen molar-refractivity contribution in [2.75, 3.05) is 6.61 Å². The number of imide groups is 2. The maximum Gasteiger partial charge on any atom is 0.328 e. The molecule has 1 saturated heterocycles. The van der Waals surface area contributed by atoms with Gasteiger partial charge in [0.1, 0.15) is 11.3 Å². The molecular weight excluding hydrogens is 392 g/mol. The normalized spacial score (nSPS) is 17.4. The monoisotopic (exact) mass is 420 g/mol. The van der Waals surface area contributed by atoms with Crippen LogP contribution in [-0.2, 0) is 9.59 Å². The molecule has 0 radical (unpaired) electrons. The van der Waals surface area contributed by atoms with Crippen molar-refractivity contribution < 1.29 is 19.1 Å². The molecule has 31 heavy (non-hydrogen) atoms. The zero-order chi connectivity index (χ0) is 21.6. The van der Waals surface area contributed by atoms with E-state index in [1.807, 2.05) is 36.4 Å². The van der Waals surface area contributed by atoms with E-state index in [-0.39, 0.29) is 5.57 Å². The lowest BCUT2D eigenvalue weighted by Crippen LogP contribution is -2.51. The van der Waals surface area contributed by atoms with Gasteiger partial charge in [0, 0.05) is 5.56 Å². The summed E-state index contributed by atoms with van der Waals surface area (Å²) in [6.07, 6.45) is 11.7. The van der Waals surface area contributed by atoms with E-state index in [9.17, 15) is 14.4 Å². The summed E-state index contributed by atoms with van der Waals surface area (Å²) in [6.45, 7) is 0.581. The number of nitrogens with one attached hydrogen (secondary N) is 2.